The van der Waals surface area contributed by atoms with Gasteiger partial charge < -0.3 is 30.5 Å². The molecule has 228 valence electrons. The molecule has 0 saturated carbocycles. The third kappa shape index (κ3) is 5.94. The first-order valence-electron chi connectivity index (χ1n) is 14.1. The Kier molecular flexibility index (Phi) is 9.49. The Balaban J connectivity index is 0.00000442. The minimum Gasteiger partial charge on any atom is -0.677 e. The number of hydrogen-bond acceptors (Lipinski definition) is 3. The molecule has 1 unspecified atom stereocenters. The summed E-state index contributed by atoms with van der Waals surface area (Å²) >= 11 is 5.04. The summed E-state index contributed by atoms with van der Waals surface area (Å²) in [6.45, 7) is 15.9. The summed E-state index contributed by atoms with van der Waals surface area (Å²) in [6.07, 6.45) is 11.7. The molecule has 2 aliphatic heterocycles. The monoisotopic (exact) mass is 650 g/mol. The zero-order valence-corrected chi connectivity index (χ0v) is 27.1. The molecular formula is C34H34FeN4O4S. The van der Waals surface area contributed by atoms with E-state index in [1.807, 2.05) is 52.0 Å². The number of rotatable bonds is 8. The molecule has 3 aromatic rings. The van der Waals surface area contributed by atoms with Crippen LogP contribution in [0.2, 0.25) is 0 Å². The van der Waals surface area contributed by atoms with E-state index in [-0.39, 0.29) is 48.8 Å². The van der Waals surface area contributed by atoms with Gasteiger partial charge in [-0.3, -0.25) is 9.59 Å². The van der Waals surface area contributed by atoms with E-state index in [4.69, 9.17) is 32.9 Å². The van der Waals surface area contributed by atoms with Gasteiger partial charge in [0, 0.05) is 17.6 Å². The molecule has 2 N–H and O–H groups in total. The van der Waals surface area contributed by atoms with E-state index in [1.165, 1.54) is 0 Å². The standard InChI is InChI=1S/C34H34N4O4S.Fe/c1-7-20-17(3)24-13-25-18(4)21(9-11-32(39)40)27(35-25)15-28-22(10-12-33(41)42)19(5)26(36-28)14-30-23(8-2)34(6,43)31(38-30)16-29(20)37-24;/h7-8,13-16,31,43H,1-2,9-12H2,3-6H3,(H,39,40)(H,41,42);/q-4;+4/b24-13-,26-14-,28-15-,29-16-;/t31?,34-;/m1./s1. The van der Waals surface area contributed by atoms with Crippen molar-refractivity contribution >= 4 is 54.9 Å². The summed E-state index contributed by atoms with van der Waals surface area (Å²) in [7, 11) is 0. The molecule has 0 aromatic carbocycles. The van der Waals surface area contributed by atoms with Gasteiger partial charge >= 0.3 is 29.0 Å². The summed E-state index contributed by atoms with van der Waals surface area (Å²) in [6, 6.07) is -0.357. The van der Waals surface area contributed by atoms with Crippen LogP contribution in [-0.4, -0.2) is 32.9 Å². The second-order valence-electron chi connectivity index (χ2n) is 11.2. The fraction of sp³-hybridized carbons (Fsp3) is 0.294. The number of hydrogen-bond donors (Lipinski definition) is 3. The summed E-state index contributed by atoms with van der Waals surface area (Å²) in [4.78, 5) is 37.9. The first-order valence-corrected chi connectivity index (χ1v) is 14.6. The van der Waals surface area contributed by atoms with Crippen LogP contribution in [0.1, 0.15) is 64.5 Å². The van der Waals surface area contributed by atoms with E-state index in [2.05, 4.69) is 13.2 Å². The molecule has 8 bridgehead atoms. The maximum Gasteiger partial charge on any atom is 4.00 e. The molecule has 0 fully saturated rings. The number of thiol groups is 1. The van der Waals surface area contributed by atoms with Crippen LogP contribution in [0.3, 0.4) is 0 Å². The van der Waals surface area contributed by atoms with Crippen LogP contribution in [0.15, 0.2) is 30.5 Å². The Bertz CT molecular complexity index is 1970. The average Bonchev–Trinajstić information content (AvgIpc) is 3.57. The van der Waals surface area contributed by atoms with Gasteiger partial charge in [0.2, 0.25) is 0 Å². The largest absolute Gasteiger partial charge is 4.00 e. The van der Waals surface area contributed by atoms with Crippen molar-refractivity contribution in [3.8, 4) is 0 Å². The van der Waals surface area contributed by atoms with Gasteiger partial charge in [0.1, 0.15) is 0 Å². The van der Waals surface area contributed by atoms with Gasteiger partial charge in [-0.05, 0) is 51.7 Å². The average molecular weight is 651 g/mol. The molecule has 2 aliphatic rings. The minimum absolute atomic E-state index is 0. The predicted molar refractivity (Wildman–Crippen MR) is 172 cm³/mol. The quantitative estimate of drug-likeness (QED) is 0.252. The molecule has 5 heterocycles. The molecule has 0 saturated heterocycles. The van der Waals surface area contributed by atoms with Crippen LogP contribution in [0.4, 0.5) is 0 Å². The molecule has 10 heteroatoms. The van der Waals surface area contributed by atoms with Crippen molar-refractivity contribution in [1.29, 1.82) is 0 Å². The Morgan fingerprint density at radius 1 is 0.841 bits per heavy atom. The van der Waals surface area contributed by atoms with Crippen LogP contribution >= 0.6 is 12.6 Å². The second kappa shape index (κ2) is 12.6. The summed E-state index contributed by atoms with van der Waals surface area (Å²) in [5.74, 6) is -1.80. The molecule has 2 atom stereocenters. The summed E-state index contributed by atoms with van der Waals surface area (Å²) in [5, 5.41) is 26.7. The Morgan fingerprint density at radius 3 is 2.05 bits per heavy atom. The van der Waals surface area contributed by atoms with Crippen molar-refractivity contribution < 1.29 is 36.9 Å². The zero-order valence-electron chi connectivity index (χ0n) is 25.1. The van der Waals surface area contributed by atoms with Gasteiger partial charge in [0.25, 0.3) is 0 Å². The number of allylic oxidation sites excluding steroid dienone is 2. The maximum absolute atomic E-state index is 11.5. The van der Waals surface area contributed by atoms with Crippen molar-refractivity contribution in [1.82, 2.24) is 15.0 Å². The summed E-state index contributed by atoms with van der Waals surface area (Å²) in [5.41, 5.74) is 8.02. The number of carboxylic acids is 2. The van der Waals surface area contributed by atoms with E-state index in [9.17, 15) is 19.8 Å². The Labute approximate surface area is 272 Å². The fourth-order valence-electron chi connectivity index (χ4n) is 5.93. The molecule has 0 spiro atoms. The molecule has 8 nitrogen and oxygen atoms in total. The predicted octanol–water partition coefficient (Wildman–Crippen LogP) is 2.28. The number of aliphatic carboxylic acids is 2. The molecule has 44 heavy (non-hydrogen) atoms. The number of carboxylic acid groups (broad SMARTS) is 2. The molecule has 5 rings (SSSR count). The van der Waals surface area contributed by atoms with Crippen LogP contribution in [0, 0.1) is 20.8 Å². The third-order valence-corrected chi connectivity index (χ3v) is 8.98. The van der Waals surface area contributed by atoms with Crippen molar-refractivity contribution in [3.05, 3.63) is 102 Å². The van der Waals surface area contributed by atoms with E-state index >= 15 is 0 Å². The molecular weight excluding hydrogens is 616 g/mol. The Hall–Kier alpha value is -3.85. The molecule has 0 aliphatic carbocycles. The van der Waals surface area contributed by atoms with Crippen molar-refractivity contribution in [2.75, 3.05) is 0 Å². The van der Waals surface area contributed by atoms with E-state index < -0.39 is 16.7 Å². The van der Waals surface area contributed by atoms with Gasteiger partial charge in [-0.15, -0.1) is 44.6 Å². The number of aromatic nitrogens is 3. The first-order chi connectivity index (χ1) is 20.3. The number of carbonyl (C=O) groups is 2. The van der Waals surface area contributed by atoms with Gasteiger partial charge in [-0.25, -0.2) is 0 Å². The molecule has 0 radical (unpaired) electrons. The van der Waals surface area contributed by atoms with Crippen LogP contribution < -0.4 is 36.3 Å². The Morgan fingerprint density at radius 2 is 1.43 bits per heavy atom. The smallest absolute Gasteiger partial charge is 0.677 e. The van der Waals surface area contributed by atoms with Crippen molar-refractivity contribution in [2.45, 2.75) is 64.2 Å². The SMILES string of the molecule is C=CC1=C2/C=c3\[n-]/c(c(CCC(=O)O)c3C)=C\c3[n-]c(c(C)c3CCC(=O)O)/C=c3\[n-]/c(c(C=C)c3C)=C\C([N-]2)[C@]1(C)S.[Fe+4]. The van der Waals surface area contributed by atoms with E-state index in [1.54, 1.807) is 12.2 Å². The van der Waals surface area contributed by atoms with Crippen LogP contribution in [0.5, 0.6) is 0 Å². The van der Waals surface area contributed by atoms with Crippen molar-refractivity contribution in [2.24, 2.45) is 0 Å². The van der Waals surface area contributed by atoms with Gasteiger partial charge in [0.05, 0.1) is 0 Å². The normalized spacial score (nSPS) is 21.7. The van der Waals surface area contributed by atoms with Gasteiger partial charge in [-0.2, -0.15) is 12.6 Å². The number of nitrogens with zero attached hydrogens (tertiary/aromatic N) is 4. The van der Waals surface area contributed by atoms with E-state index in [0.29, 0.717) is 27.8 Å². The van der Waals surface area contributed by atoms with Gasteiger partial charge in [-0.1, -0.05) is 77.4 Å². The van der Waals surface area contributed by atoms with Crippen LogP contribution in [0.25, 0.3) is 35.7 Å². The van der Waals surface area contributed by atoms with Crippen molar-refractivity contribution in [3.63, 3.8) is 0 Å². The minimum atomic E-state index is -0.904. The zero-order chi connectivity index (χ0) is 31.2. The number of fused-ring (bicyclic) bond motifs is 8. The first kappa shape index (κ1) is 33.1. The maximum atomic E-state index is 11.5. The second-order valence-corrected chi connectivity index (χ2v) is 12.1. The molecule has 0 amide bonds. The topological polar surface area (TPSA) is 131 Å². The fourth-order valence-corrected chi connectivity index (χ4v) is 6.27. The van der Waals surface area contributed by atoms with Gasteiger partial charge in [0.15, 0.2) is 0 Å². The third-order valence-electron chi connectivity index (χ3n) is 8.48. The molecule has 3 aromatic heterocycles. The van der Waals surface area contributed by atoms with E-state index in [0.717, 1.165) is 49.7 Å². The summed E-state index contributed by atoms with van der Waals surface area (Å²) < 4.78 is -0.671. The van der Waals surface area contributed by atoms with Crippen LogP contribution in [-0.2, 0) is 39.5 Å².